The molecule has 0 aliphatic carbocycles. The van der Waals surface area contributed by atoms with E-state index in [1.807, 2.05) is 18.2 Å². The maximum Gasteiger partial charge on any atom is 0.145 e. The van der Waals surface area contributed by atoms with Crippen molar-refractivity contribution in [1.82, 2.24) is 0 Å². The molecule has 1 aromatic rings. The van der Waals surface area contributed by atoms with E-state index in [-0.39, 0.29) is 0 Å². The quantitative estimate of drug-likeness (QED) is 0.543. The van der Waals surface area contributed by atoms with Gasteiger partial charge in [0.05, 0.1) is 7.11 Å². The monoisotopic (exact) mass is 195 g/mol. The lowest BCUT2D eigenvalue weighted by Crippen LogP contribution is -1.84. The molecular formula is C10H13NOS. The average Bonchev–Trinajstić information content (AvgIpc) is 2.18. The van der Waals surface area contributed by atoms with Crippen LogP contribution in [0, 0.1) is 0 Å². The Morgan fingerprint density at radius 1 is 1.54 bits per heavy atom. The first-order chi connectivity index (χ1) is 6.33. The van der Waals surface area contributed by atoms with E-state index in [1.165, 1.54) is 0 Å². The van der Waals surface area contributed by atoms with Crippen molar-refractivity contribution in [2.45, 2.75) is 11.8 Å². The van der Waals surface area contributed by atoms with Crippen LogP contribution in [0.2, 0.25) is 0 Å². The molecule has 0 fully saturated rings. The average molecular weight is 195 g/mol. The Labute approximate surface area is 83.0 Å². The third-order valence-electron chi connectivity index (χ3n) is 1.64. The van der Waals surface area contributed by atoms with E-state index in [4.69, 9.17) is 4.74 Å². The SMILES string of the molecule is C=Nc1c(OC)cccc1SCC. The highest BCUT2D eigenvalue weighted by Gasteiger charge is 2.05. The van der Waals surface area contributed by atoms with Crippen molar-refractivity contribution in [3.8, 4) is 5.75 Å². The van der Waals surface area contributed by atoms with E-state index in [0.717, 1.165) is 22.1 Å². The maximum atomic E-state index is 5.18. The number of benzene rings is 1. The van der Waals surface area contributed by atoms with E-state index in [1.54, 1.807) is 18.9 Å². The molecule has 2 nitrogen and oxygen atoms in total. The highest BCUT2D eigenvalue weighted by atomic mass is 32.2. The van der Waals surface area contributed by atoms with Gasteiger partial charge in [-0.05, 0) is 24.6 Å². The Hall–Kier alpha value is -0.960. The Bertz CT molecular complexity index is 299. The van der Waals surface area contributed by atoms with Crippen LogP contribution in [0.5, 0.6) is 5.75 Å². The van der Waals surface area contributed by atoms with Crippen LogP contribution in [-0.2, 0) is 0 Å². The zero-order chi connectivity index (χ0) is 9.68. The molecule has 0 aromatic heterocycles. The molecule has 0 N–H and O–H groups in total. The summed E-state index contributed by atoms with van der Waals surface area (Å²) in [7, 11) is 1.64. The van der Waals surface area contributed by atoms with Crippen LogP contribution in [0.1, 0.15) is 6.92 Å². The number of hydrogen-bond donors (Lipinski definition) is 0. The lowest BCUT2D eigenvalue weighted by molar-refractivity contribution is 0.415. The molecule has 0 atom stereocenters. The highest BCUT2D eigenvalue weighted by molar-refractivity contribution is 7.99. The van der Waals surface area contributed by atoms with Gasteiger partial charge in [0.25, 0.3) is 0 Å². The second-order valence-electron chi connectivity index (χ2n) is 2.40. The molecule has 0 spiro atoms. The summed E-state index contributed by atoms with van der Waals surface area (Å²) < 4.78 is 5.18. The number of thioether (sulfide) groups is 1. The van der Waals surface area contributed by atoms with E-state index < -0.39 is 0 Å². The summed E-state index contributed by atoms with van der Waals surface area (Å²) in [6.07, 6.45) is 0. The van der Waals surface area contributed by atoms with Gasteiger partial charge in [-0.3, -0.25) is 4.99 Å². The van der Waals surface area contributed by atoms with Crippen LogP contribution in [0.15, 0.2) is 28.1 Å². The predicted octanol–water partition coefficient (Wildman–Crippen LogP) is 3.14. The number of methoxy groups -OCH3 is 1. The molecule has 0 radical (unpaired) electrons. The van der Waals surface area contributed by atoms with Crippen molar-refractivity contribution < 1.29 is 4.74 Å². The van der Waals surface area contributed by atoms with Crippen molar-refractivity contribution in [2.75, 3.05) is 12.9 Å². The van der Waals surface area contributed by atoms with Crippen molar-refractivity contribution in [1.29, 1.82) is 0 Å². The van der Waals surface area contributed by atoms with Crippen LogP contribution < -0.4 is 4.74 Å². The van der Waals surface area contributed by atoms with Crippen LogP contribution in [0.4, 0.5) is 5.69 Å². The number of rotatable bonds is 4. The number of nitrogens with zero attached hydrogens (tertiary/aromatic N) is 1. The number of aliphatic imine (C=N–C) groups is 1. The third kappa shape index (κ3) is 2.25. The van der Waals surface area contributed by atoms with Gasteiger partial charge >= 0.3 is 0 Å². The van der Waals surface area contributed by atoms with E-state index in [0.29, 0.717) is 0 Å². The van der Waals surface area contributed by atoms with Crippen LogP contribution in [0.25, 0.3) is 0 Å². The van der Waals surface area contributed by atoms with Crippen LogP contribution in [-0.4, -0.2) is 19.6 Å². The second-order valence-corrected chi connectivity index (χ2v) is 3.70. The standard InChI is InChI=1S/C10H13NOS/c1-4-13-9-7-5-6-8(12-3)10(9)11-2/h5-7H,2,4H2,1,3H3. The van der Waals surface area contributed by atoms with Crippen LogP contribution >= 0.6 is 11.8 Å². The van der Waals surface area contributed by atoms with Gasteiger partial charge < -0.3 is 4.74 Å². The summed E-state index contributed by atoms with van der Waals surface area (Å²) in [5.74, 6) is 1.81. The first-order valence-electron chi connectivity index (χ1n) is 4.10. The van der Waals surface area contributed by atoms with E-state index >= 15 is 0 Å². The third-order valence-corrected chi connectivity index (χ3v) is 2.57. The minimum absolute atomic E-state index is 0.786. The number of ether oxygens (including phenoxy) is 1. The van der Waals surface area contributed by atoms with Crippen molar-refractivity contribution in [2.24, 2.45) is 4.99 Å². The summed E-state index contributed by atoms with van der Waals surface area (Å²) in [5.41, 5.74) is 0.844. The number of para-hydroxylation sites is 1. The van der Waals surface area contributed by atoms with Gasteiger partial charge in [0.2, 0.25) is 0 Å². The molecule has 1 rings (SSSR count). The Balaban J connectivity index is 3.10. The van der Waals surface area contributed by atoms with Gasteiger partial charge in [-0.25, -0.2) is 0 Å². The first-order valence-corrected chi connectivity index (χ1v) is 5.08. The fourth-order valence-electron chi connectivity index (χ4n) is 1.09. The molecule has 70 valence electrons. The van der Waals surface area contributed by atoms with Crippen molar-refractivity contribution in [3.63, 3.8) is 0 Å². The predicted molar refractivity (Wildman–Crippen MR) is 58.6 cm³/mol. The normalized spacial score (nSPS) is 9.69. The van der Waals surface area contributed by atoms with E-state index in [2.05, 4.69) is 18.6 Å². The molecule has 0 saturated carbocycles. The van der Waals surface area contributed by atoms with Gasteiger partial charge in [-0.15, -0.1) is 11.8 Å². The van der Waals surface area contributed by atoms with Crippen molar-refractivity contribution in [3.05, 3.63) is 18.2 Å². The summed E-state index contributed by atoms with van der Waals surface area (Å²) in [5, 5.41) is 0. The van der Waals surface area contributed by atoms with Gasteiger partial charge in [-0.1, -0.05) is 13.0 Å². The van der Waals surface area contributed by atoms with Crippen molar-refractivity contribution >= 4 is 24.2 Å². The maximum absolute atomic E-state index is 5.18. The smallest absolute Gasteiger partial charge is 0.145 e. The highest BCUT2D eigenvalue weighted by Crippen LogP contribution is 2.36. The first kappa shape index (κ1) is 10.1. The Kier molecular flexibility index (Phi) is 3.83. The fourth-order valence-corrected chi connectivity index (χ4v) is 1.88. The zero-order valence-corrected chi connectivity index (χ0v) is 8.73. The topological polar surface area (TPSA) is 21.6 Å². The Morgan fingerprint density at radius 3 is 2.85 bits per heavy atom. The number of hydrogen-bond acceptors (Lipinski definition) is 3. The summed E-state index contributed by atoms with van der Waals surface area (Å²) >= 11 is 1.74. The largest absolute Gasteiger partial charge is 0.494 e. The van der Waals surface area contributed by atoms with Gasteiger partial charge in [0, 0.05) is 4.90 Å². The van der Waals surface area contributed by atoms with Gasteiger partial charge in [0.1, 0.15) is 11.4 Å². The molecule has 0 amide bonds. The molecular weight excluding hydrogens is 182 g/mol. The fraction of sp³-hybridized carbons (Fsp3) is 0.300. The summed E-state index contributed by atoms with van der Waals surface area (Å²) in [6.45, 7) is 5.65. The molecule has 0 heterocycles. The molecule has 0 saturated heterocycles. The minimum atomic E-state index is 0.786. The molecule has 0 unspecified atom stereocenters. The molecule has 0 aliphatic heterocycles. The van der Waals surface area contributed by atoms with Crippen LogP contribution in [0.3, 0.4) is 0 Å². The molecule has 1 aromatic carbocycles. The molecule has 0 bridgehead atoms. The van der Waals surface area contributed by atoms with Gasteiger partial charge in [-0.2, -0.15) is 0 Å². The minimum Gasteiger partial charge on any atom is -0.494 e. The lowest BCUT2D eigenvalue weighted by atomic mass is 10.3. The summed E-state index contributed by atoms with van der Waals surface area (Å²) in [6, 6.07) is 5.88. The molecule has 3 heteroatoms. The molecule has 0 aliphatic rings. The lowest BCUT2D eigenvalue weighted by Gasteiger charge is -2.07. The summed E-state index contributed by atoms with van der Waals surface area (Å²) in [4.78, 5) is 5.09. The Morgan fingerprint density at radius 2 is 2.31 bits per heavy atom. The van der Waals surface area contributed by atoms with Gasteiger partial charge in [0.15, 0.2) is 0 Å². The van der Waals surface area contributed by atoms with E-state index in [9.17, 15) is 0 Å². The zero-order valence-electron chi connectivity index (χ0n) is 7.91. The molecule has 13 heavy (non-hydrogen) atoms. The second kappa shape index (κ2) is 4.92.